The van der Waals surface area contributed by atoms with E-state index in [0.717, 1.165) is 17.8 Å². The van der Waals surface area contributed by atoms with Gasteiger partial charge in [0.1, 0.15) is 0 Å². The summed E-state index contributed by atoms with van der Waals surface area (Å²) in [7, 11) is 0. The number of aryl methyl sites for hydroxylation is 1. The average Bonchev–Trinajstić information content (AvgIpc) is 2.13. The van der Waals surface area contributed by atoms with E-state index in [0.29, 0.717) is 10.1 Å². The van der Waals surface area contributed by atoms with Crippen LogP contribution >= 0.6 is 23.8 Å². The van der Waals surface area contributed by atoms with Gasteiger partial charge < -0.3 is 10.6 Å². The van der Waals surface area contributed by atoms with Gasteiger partial charge in [-0.2, -0.15) is 0 Å². The first kappa shape index (κ1) is 11.3. The molecule has 0 aromatic heterocycles. The minimum absolute atomic E-state index is 0.597. The third kappa shape index (κ3) is 2.86. The molecule has 1 aromatic rings. The number of benzene rings is 1. The second-order valence-electron chi connectivity index (χ2n) is 2.92. The third-order valence-electron chi connectivity index (χ3n) is 1.78. The lowest BCUT2D eigenvalue weighted by atomic mass is 10.2. The zero-order chi connectivity index (χ0) is 10.6. The first-order valence-corrected chi connectivity index (χ1v) is 5.23. The quantitative estimate of drug-likeness (QED) is 0.762. The number of nitrogens with one attached hydrogen (secondary N) is 2. The Kier molecular flexibility index (Phi) is 4.17. The lowest BCUT2D eigenvalue weighted by Gasteiger charge is -2.11. The summed E-state index contributed by atoms with van der Waals surface area (Å²) in [6, 6.07) is 5.81. The van der Waals surface area contributed by atoms with E-state index in [1.165, 1.54) is 0 Å². The summed E-state index contributed by atoms with van der Waals surface area (Å²) in [5, 5.41) is 7.36. The number of hydrogen-bond donors (Lipinski definition) is 2. The number of thiocarbonyl (C=S) groups is 1. The van der Waals surface area contributed by atoms with Crippen molar-refractivity contribution in [3.8, 4) is 0 Å². The van der Waals surface area contributed by atoms with E-state index in [1.54, 1.807) is 0 Å². The van der Waals surface area contributed by atoms with Crippen molar-refractivity contribution in [1.82, 2.24) is 5.32 Å². The van der Waals surface area contributed by atoms with Gasteiger partial charge in [0.15, 0.2) is 5.11 Å². The molecule has 1 aromatic carbocycles. The lowest BCUT2D eigenvalue weighted by Crippen LogP contribution is -2.28. The van der Waals surface area contributed by atoms with Gasteiger partial charge in [-0.05, 0) is 37.7 Å². The van der Waals surface area contributed by atoms with Crippen LogP contribution in [0.3, 0.4) is 0 Å². The minimum Gasteiger partial charge on any atom is -0.363 e. The molecule has 0 aliphatic carbocycles. The SMILES string of the molecule is CCNC(=S)Nc1cccc(C)c1Cl. The van der Waals surface area contributed by atoms with E-state index >= 15 is 0 Å². The van der Waals surface area contributed by atoms with E-state index in [1.807, 2.05) is 32.0 Å². The molecule has 2 N–H and O–H groups in total. The second kappa shape index (κ2) is 5.17. The van der Waals surface area contributed by atoms with Gasteiger partial charge in [-0.25, -0.2) is 0 Å². The van der Waals surface area contributed by atoms with Crippen molar-refractivity contribution in [2.45, 2.75) is 13.8 Å². The highest BCUT2D eigenvalue weighted by molar-refractivity contribution is 7.80. The Hall–Kier alpha value is -0.800. The van der Waals surface area contributed by atoms with Crippen LogP contribution in [0.5, 0.6) is 0 Å². The summed E-state index contributed by atoms with van der Waals surface area (Å²) in [5.74, 6) is 0. The van der Waals surface area contributed by atoms with Crippen LogP contribution in [0.15, 0.2) is 18.2 Å². The van der Waals surface area contributed by atoms with Gasteiger partial charge in [-0.15, -0.1) is 0 Å². The molecular weight excluding hydrogens is 216 g/mol. The predicted molar refractivity (Wildman–Crippen MR) is 66.1 cm³/mol. The molecule has 0 amide bonds. The summed E-state index contributed by atoms with van der Waals surface area (Å²) in [4.78, 5) is 0. The topological polar surface area (TPSA) is 24.1 Å². The largest absolute Gasteiger partial charge is 0.363 e. The summed E-state index contributed by atoms with van der Waals surface area (Å²) < 4.78 is 0. The summed E-state index contributed by atoms with van der Waals surface area (Å²) in [6.07, 6.45) is 0. The van der Waals surface area contributed by atoms with Crippen molar-refractivity contribution in [3.05, 3.63) is 28.8 Å². The summed E-state index contributed by atoms with van der Waals surface area (Å²) in [6.45, 7) is 4.75. The van der Waals surface area contributed by atoms with Gasteiger partial charge in [-0.3, -0.25) is 0 Å². The third-order valence-corrected chi connectivity index (χ3v) is 2.53. The Bertz CT molecular complexity index is 339. The van der Waals surface area contributed by atoms with Gasteiger partial charge in [0.2, 0.25) is 0 Å². The maximum absolute atomic E-state index is 6.09. The molecule has 76 valence electrons. The Morgan fingerprint density at radius 2 is 2.21 bits per heavy atom. The fourth-order valence-electron chi connectivity index (χ4n) is 1.07. The van der Waals surface area contributed by atoms with E-state index < -0.39 is 0 Å². The highest BCUT2D eigenvalue weighted by Gasteiger charge is 2.03. The van der Waals surface area contributed by atoms with Gasteiger partial charge in [-0.1, -0.05) is 23.7 Å². The van der Waals surface area contributed by atoms with Crippen molar-refractivity contribution < 1.29 is 0 Å². The smallest absolute Gasteiger partial charge is 0.170 e. The van der Waals surface area contributed by atoms with Crippen LogP contribution in [-0.4, -0.2) is 11.7 Å². The second-order valence-corrected chi connectivity index (χ2v) is 3.71. The van der Waals surface area contributed by atoms with Crippen LogP contribution in [0.4, 0.5) is 5.69 Å². The molecule has 0 spiro atoms. The molecular formula is C10H13ClN2S. The van der Waals surface area contributed by atoms with Crippen LogP contribution in [0.1, 0.15) is 12.5 Å². The maximum Gasteiger partial charge on any atom is 0.170 e. The molecule has 0 bridgehead atoms. The molecule has 4 heteroatoms. The zero-order valence-electron chi connectivity index (χ0n) is 8.23. The number of anilines is 1. The van der Waals surface area contributed by atoms with Crippen LogP contribution in [0.2, 0.25) is 5.02 Å². The van der Waals surface area contributed by atoms with Crippen LogP contribution in [-0.2, 0) is 0 Å². The highest BCUT2D eigenvalue weighted by atomic mass is 35.5. The molecule has 0 aliphatic rings. The molecule has 0 fully saturated rings. The van der Waals surface area contributed by atoms with Crippen molar-refractivity contribution in [1.29, 1.82) is 0 Å². The molecule has 0 saturated heterocycles. The van der Waals surface area contributed by atoms with Crippen molar-refractivity contribution in [3.63, 3.8) is 0 Å². The van der Waals surface area contributed by atoms with Crippen LogP contribution in [0, 0.1) is 6.92 Å². The van der Waals surface area contributed by atoms with Gasteiger partial charge in [0.05, 0.1) is 10.7 Å². The van der Waals surface area contributed by atoms with Crippen molar-refractivity contribution in [2.75, 3.05) is 11.9 Å². The Morgan fingerprint density at radius 3 is 2.86 bits per heavy atom. The highest BCUT2D eigenvalue weighted by Crippen LogP contribution is 2.24. The molecule has 2 nitrogen and oxygen atoms in total. The lowest BCUT2D eigenvalue weighted by molar-refractivity contribution is 0.979. The molecule has 14 heavy (non-hydrogen) atoms. The Balaban J connectivity index is 2.76. The van der Waals surface area contributed by atoms with E-state index in [4.69, 9.17) is 23.8 Å². The molecule has 0 atom stereocenters. The van der Waals surface area contributed by atoms with Gasteiger partial charge >= 0.3 is 0 Å². The Labute approximate surface area is 94.7 Å². The van der Waals surface area contributed by atoms with Crippen molar-refractivity contribution in [2.24, 2.45) is 0 Å². The predicted octanol–water partition coefficient (Wildman–Crippen LogP) is 2.95. The molecule has 0 radical (unpaired) electrons. The minimum atomic E-state index is 0.597. The fourth-order valence-corrected chi connectivity index (χ4v) is 1.50. The van der Waals surface area contributed by atoms with Crippen LogP contribution < -0.4 is 10.6 Å². The standard InChI is InChI=1S/C10H13ClN2S/c1-3-12-10(14)13-8-6-4-5-7(2)9(8)11/h4-6H,3H2,1-2H3,(H2,12,13,14). The van der Waals surface area contributed by atoms with Gasteiger partial charge in [0, 0.05) is 6.54 Å². The molecule has 0 unspecified atom stereocenters. The number of hydrogen-bond acceptors (Lipinski definition) is 1. The summed E-state index contributed by atoms with van der Waals surface area (Å²) in [5.41, 5.74) is 1.88. The summed E-state index contributed by atoms with van der Waals surface area (Å²) >= 11 is 11.1. The fraction of sp³-hybridized carbons (Fsp3) is 0.300. The number of rotatable bonds is 2. The molecule has 0 aliphatic heterocycles. The van der Waals surface area contributed by atoms with E-state index in [9.17, 15) is 0 Å². The maximum atomic E-state index is 6.09. The van der Waals surface area contributed by atoms with Crippen LogP contribution in [0.25, 0.3) is 0 Å². The first-order chi connectivity index (χ1) is 6.65. The normalized spacial score (nSPS) is 9.64. The first-order valence-electron chi connectivity index (χ1n) is 4.45. The molecule has 0 saturated carbocycles. The zero-order valence-corrected chi connectivity index (χ0v) is 9.80. The molecule has 0 heterocycles. The van der Waals surface area contributed by atoms with E-state index in [-0.39, 0.29) is 0 Å². The van der Waals surface area contributed by atoms with Gasteiger partial charge in [0.25, 0.3) is 0 Å². The van der Waals surface area contributed by atoms with Crippen molar-refractivity contribution >= 4 is 34.6 Å². The van der Waals surface area contributed by atoms with E-state index in [2.05, 4.69) is 10.6 Å². The molecule has 1 rings (SSSR count). The Morgan fingerprint density at radius 1 is 1.50 bits per heavy atom. The average molecular weight is 229 g/mol. The number of halogens is 1. The monoisotopic (exact) mass is 228 g/mol.